The third-order valence-electron chi connectivity index (χ3n) is 3.98. The maximum absolute atomic E-state index is 12.9. The van der Waals surface area contributed by atoms with Crippen molar-refractivity contribution < 1.29 is 32.6 Å². The van der Waals surface area contributed by atoms with E-state index in [1.54, 1.807) is 12.2 Å². The molecule has 2 bridgehead atoms. The minimum Gasteiger partial charge on any atom is -0.481 e. The van der Waals surface area contributed by atoms with Gasteiger partial charge in [0.15, 0.2) is 0 Å². The zero-order chi connectivity index (χ0) is 16.8. The minimum absolute atomic E-state index is 0.402. The van der Waals surface area contributed by atoms with Crippen LogP contribution in [0.1, 0.15) is 5.56 Å². The lowest BCUT2D eigenvalue weighted by Gasteiger charge is -2.22. The predicted octanol–water partition coefficient (Wildman–Crippen LogP) is 2.30. The second kappa shape index (κ2) is 5.38. The van der Waals surface area contributed by atoms with E-state index in [1.807, 2.05) is 0 Å². The van der Waals surface area contributed by atoms with Crippen LogP contribution in [0.5, 0.6) is 0 Å². The molecule has 122 valence electrons. The van der Waals surface area contributed by atoms with E-state index in [1.165, 1.54) is 12.1 Å². The molecule has 3 rings (SSSR count). The second-order valence-corrected chi connectivity index (χ2v) is 5.37. The summed E-state index contributed by atoms with van der Waals surface area (Å²) < 4.78 is 44.2. The number of nitrogens with one attached hydrogen (secondary N) is 1. The number of aliphatic carboxylic acids is 1. The van der Waals surface area contributed by atoms with Gasteiger partial charge in [0.05, 0.1) is 29.4 Å². The van der Waals surface area contributed by atoms with Crippen LogP contribution in [-0.2, 0) is 20.5 Å². The van der Waals surface area contributed by atoms with E-state index in [2.05, 4.69) is 5.32 Å². The van der Waals surface area contributed by atoms with Crippen LogP contribution in [0.25, 0.3) is 0 Å². The highest BCUT2D eigenvalue weighted by atomic mass is 19.4. The number of fused-ring (bicyclic) bond motifs is 2. The van der Waals surface area contributed by atoms with Gasteiger partial charge < -0.3 is 15.2 Å². The first-order chi connectivity index (χ1) is 10.8. The van der Waals surface area contributed by atoms with Crippen LogP contribution < -0.4 is 5.32 Å². The Bertz CT molecular complexity index is 686. The molecule has 1 aromatic rings. The molecule has 1 saturated heterocycles. The Labute approximate surface area is 128 Å². The zero-order valence-corrected chi connectivity index (χ0v) is 11.6. The summed E-state index contributed by atoms with van der Waals surface area (Å²) in [4.78, 5) is 23.7. The van der Waals surface area contributed by atoms with E-state index < -0.39 is 53.3 Å². The average Bonchev–Trinajstić information content (AvgIpc) is 3.07. The number of benzene rings is 1. The van der Waals surface area contributed by atoms with Gasteiger partial charge in [-0.3, -0.25) is 9.59 Å². The maximum atomic E-state index is 12.9. The van der Waals surface area contributed by atoms with Crippen LogP contribution in [0.15, 0.2) is 36.4 Å². The number of carbonyl (C=O) groups excluding carboxylic acids is 1. The van der Waals surface area contributed by atoms with Crippen LogP contribution in [0.3, 0.4) is 0 Å². The molecule has 0 aliphatic carbocycles. The van der Waals surface area contributed by atoms with Gasteiger partial charge in [-0.2, -0.15) is 13.2 Å². The largest absolute Gasteiger partial charge is 0.481 e. The fraction of sp³-hybridized carbons (Fsp3) is 0.333. The number of rotatable bonds is 3. The molecule has 0 saturated carbocycles. The number of carboxylic acid groups (broad SMARTS) is 1. The van der Waals surface area contributed by atoms with Gasteiger partial charge in [0, 0.05) is 0 Å². The summed E-state index contributed by atoms with van der Waals surface area (Å²) in [5.74, 6) is -4.19. The summed E-state index contributed by atoms with van der Waals surface area (Å²) in [7, 11) is 0. The van der Waals surface area contributed by atoms with E-state index in [9.17, 15) is 27.9 Å². The van der Waals surface area contributed by atoms with Gasteiger partial charge in [-0.1, -0.05) is 24.3 Å². The van der Waals surface area contributed by atoms with Gasteiger partial charge in [0.2, 0.25) is 5.91 Å². The Morgan fingerprint density at radius 1 is 1.09 bits per heavy atom. The lowest BCUT2D eigenvalue weighted by atomic mass is 9.82. The molecule has 0 spiro atoms. The Hall–Kier alpha value is -2.35. The summed E-state index contributed by atoms with van der Waals surface area (Å²) in [5.41, 5.74) is -1.39. The summed E-state index contributed by atoms with van der Waals surface area (Å²) >= 11 is 0. The minimum atomic E-state index is -4.62. The van der Waals surface area contributed by atoms with Crippen molar-refractivity contribution in [2.24, 2.45) is 11.8 Å². The molecule has 0 aromatic heterocycles. The number of carbonyl (C=O) groups is 2. The van der Waals surface area contributed by atoms with Crippen LogP contribution in [0, 0.1) is 11.8 Å². The second-order valence-electron chi connectivity index (χ2n) is 5.37. The average molecular weight is 327 g/mol. The van der Waals surface area contributed by atoms with Gasteiger partial charge in [0.1, 0.15) is 5.92 Å². The molecule has 23 heavy (non-hydrogen) atoms. The third-order valence-corrected chi connectivity index (χ3v) is 3.98. The maximum Gasteiger partial charge on any atom is 0.418 e. The molecule has 1 fully saturated rings. The van der Waals surface area contributed by atoms with Crippen LogP contribution in [0.4, 0.5) is 18.9 Å². The fourth-order valence-corrected chi connectivity index (χ4v) is 2.97. The number of amides is 1. The Morgan fingerprint density at radius 2 is 1.70 bits per heavy atom. The van der Waals surface area contributed by atoms with Crippen molar-refractivity contribution in [2.45, 2.75) is 18.4 Å². The van der Waals surface area contributed by atoms with Gasteiger partial charge in [-0.15, -0.1) is 0 Å². The van der Waals surface area contributed by atoms with Crippen molar-refractivity contribution in [3.8, 4) is 0 Å². The molecular formula is C15H12F3NO4. The lowest BCUT2D eigenvalue weighted by Crippen LogP contribution is -2.39. The van der Waals surface area contributed by atoms with Gasteiger partial charge in [-0.05, 0) is 12.1 Å². The quantitative estimate of drug-likeness (QED) is 0.835. The molecule has 0 unspecified atom stereocenters. The lowest BCUT2D eigenvalue weighted by molar-refractivity contribution is -0.146. The van der Waals surface area contributed by atoms with Crippen molar-refractivity contribution in [1.29, 1.82) is 0 Å². The van der Waals surface area contributed by atoms with E-state index in [4.69, 9.17) is 4.74 Å². The first-order valence-corrected chi connectivity index (χ1v) is 6.82. The van der Waals surface area contributed by atoms with Crippen LogP contribution in [0.2, 0.25) is 0 Å². The van der Waals surface area contributed by atoms with Gasteiger partial charge >= 0.3 is 12.1 Å². The van der Waals surface area contributed by atoms with Gasteiger partial charge in [-0.25, -0.2) is 0 Å². The summed E-state index contributed by atoms with van der Waals surface area (Å²) in [6, 6.07) is 4.54. The standard InChI is InChI=1S/C15H12F3NO4/c16-15(17,18)7-3-1-2-4-8(7)19-13(20)11-9-5-6-10(23-9)12(11)14(21)22/h1-6,9-12H,(H,19,20)(H,21,22)/t9-,10-,11+,12-/m1/s1. The number of halogens is 3. The molecular weight excluding hydrogens is 315 g/mol. The predicted molar refractivity (Wildman–Crippen MR) is 72.5 cm³/mol. The van der Waals surface area contributed by atoms with Crippen LogP contribution >= 0.6 is 0 Å². The normalized spacial score (nSPS) is 28.8. The van der Waals surface area contributed by atoms with Crippen molar-refractivity contribution >= 4 is 17.6 Å². The fourth-order valence-electron chi connectivity index (χ4n) is 2.97. The molecule has 2 aliphatic heterocycles. The summed E-state index contributed by atoms with van der Waals surface area (Å²) in [6.45, 7) is 0. The van der Waals surface area contributed by atoms with Crippen molar-refractivity contribution in [3.05, 3.63) is 42.0 Å². The molecule has 2 aliphatic rings. The highest BCUT2D eigenvalue weighted by molar-refractivity contribution is 5.97. The van der Waals surface area contributed by atoms with E-state index >= 15 is 0 Å². The number of anilines is 1. The van der Waals surface area contributed by atoms with Crippen LogP contribution in [-0.4, -0.2) is 29.2 Å². The number of hydrogen-bond acceptors (Lipinski definition) is 3. The topological polar surface area (TPSA) is 75.6 Å². The molecule has 0 radical (unpaired) electrons. The molecule has 4 atom stereocenters. The first-order valence-electron chi connectivity index (χ1n) is 6.82. The SMILES string of the molecule is O=C(Nc1ccccc1C(F)(F)F)[C@@H]1[C@H](C(=O)O)[C@H]2C=C[C@H]1O2. The highest BCUT2D eigenvalue weighted by Gasteiger charge is 2.53. The number of hydrogen-bond donors (Lipinski definition) is 2. The van der Waals surface area contributed by atoms with Gasteiger partial charge in [0.25, 0.3) is 0 Å². The Balaban J connectivity index is 1.86. The van der Waals surface area contributed by atoms with Crippen molar-refractivity contribution in [2.75, 3.05) is 5.32 Å². The number of alkyl halides is 3. The number of carboxylic acids is 1. The number of ether oxygens (including phenoxy) is 1. The monoisotopic (exact) mass is 327 g/mol. The molecule has 2 N–H and O–H groups in total. The van der Waals surface area contributed by atoms with E-state index in [0.29, 0.717) is 0 Å². The Kier molecular flexibility index (Phi) is 3.63. The van der Waals surface area contributed by atoms with Crippen molar-refractivity contribution in [1.82, 2.24) is 0 Å². The molecule has 1 amide bonds. The molecule has 2 heterocycles. The highest BCUT2D eigenvalue weighted by Crippen LogP contribution is 2.41. The molecule has 5 nitrogen and oxygen atoms in total. The smallest absolute Gasteiger partial charge is 0.418 e. The molecule has 1 aromatic carbocycles. The first kappa shape index (κ1) is 15.5. The molecule has 8 heteroatoms. The summed E-state index contributed by atoms with van der Waals surface area (Å²) in [6.07, 6.45) is -2.98. The summed E-state index contributed by atoms with van der Waals surface area (Å²) in [5, 5.41) is 11.4. The van der Waals surface area contributed by atoms with Crippen molar-refractivity contribution in [3.63, 3.8) is 0 Å². The number of para-hydroxylation sites is 1. The third kappa shape index (κ3) is 2.70. The van der Waals surface area contributed by atoms with E-state index in [-0.39, 0.29) is 0 Å². The zero-order valence-electron chi connectivity index (χ0n) is 11.6. The Morgan fingerprint density at radius 3 is 2.30 bits per heavy atom. The van der Waals surface area contributed by atoms with E-state index in [0.717, 1.165) is 12.1 Å².